The molecule has 9 heteroatoms. The zero-order valence-corrected chi connectivity index (χ0v) is 17.2. The molecule has 0 aliphatic heterocycles. The van der Waals surface area contributed by atoms with Gasteiger partial charge >= 0.3 is 0 Å². The molecule has 0 aliphatic rings. The molecular formula is C18H18BrClN2O5. The third kappa shape index (κ3) is 5.51. The fourth-order valence-electron chi connectivity index (χ4n) is 2.14. The molecule has 2 aromatic rings. The molecule has 2 rings (SSSR count). The number of hydrazine groups is 1. The number of hydrogen-bond donors (Lipinski definition) is 2. The van der Waals surface area contributed by atoms with Gasteiger partial charge in [0.25, 0.3) is 11.8 Å². The van der Waals surface area contributed by atoms with Crippen LogP contribution in [0.4, 0.5) is 0 Å². The lowest BCUT2D eigenvalue weighted by molar-refractivity contribution is -0.128. The molecule has 0 saturated carbocycles. The molecule has 2 aromatic carbocycles. The lowest BCUT2D eigenvalue weighted by Gasteiger charge is -2.16. The summed E-state index contributed by atoms with van der Waals surface area (Å²) in [7, 11) is 2.87. The average molecular weight is 458 g/mol. The van der Waals surface area contributed by atoms with Crippen molar-refractivity contribution in [2.24, 2.45) is 0 Å². The van der Waals surface area contributed by atoms with Gasteiger partial charge in [0.05, 0.1) is 19.2 Å². The second-order valence-electron chi connectivity index (χ2n) is 5.35. The third-order valence-corrected chi connectivity index (χ3v) is 4.25. The first-order valence-electron chi connectivity index (χ1n) is 7.79. The molecule has 27 heavy (non-hydrogen) atoms. The van der Waals surface area contributed by atoms with Crippen LogP contribution in [-0.4, -0.2) is 32.1 Å². The fraction of sp³-hybridized carbons (Fsp3) is 0.222. The minimum Gasteiger partial charge on any atom is -0.493 e. The first-order valence-corrected chi connectivity index (χ1v) is 8.96. The zero-order valence-electron chi connectivity index (χ0n) is 14.8. The molecular weight excluding hydrogens is 440 g/mol. The SMILES string of the molecule is COc1cc(C(=O)NNC(=O)C(C)Oc2cccc(Br)c2)cc(Cl)c1OC. The summed E-state index contributed by atoms with van der Waals surface area (Å²) < 4.78 is 16.6. The number of amides is 2. The van der Waals surface area contributed by atoms with Gasteiger partial charge < -0.3 is 14.2 Å². The van der Waals surface area contributed by atoms with E-state index < -0.39 is 17.9 Å². The van der Waals surface area contributed by atoms with Crippen LogP contribution in [0.5, 0.6) is 17.2 Å². The van der Waals surface area contributed by atoms with Crippen LogP contribution in [0.3, 0.4) is 0 Å². The molecule has 7 nitrogen and oxygen atoms in total. The van der Waals surface area contributed by atoms with E-state index in [0.29, 0.717) is 17.2 Å². The lowest BCUT2D eigenvalue weighted by atomic mass is 10.2. The van der Waals surface area contributed by atoms with E-state index in [2.05, 4.69) is 26.8 Å². The Morgan fingerprint density at radius 3 is 2.48 bits per heavy atom. The van der Waals surface area contributed by atoms with E-state index in [1.165, 1.54) is 26.4 Å². The number of nitrogens with one attached hydrogen (secondary N) is 2. The number of carbonyl (C=O) groups excluding carboxylic acids is 2. The van der Waals surface area contributed by atoms with Crippen molar-refractivity contribution < 1.29 is 23.8 Å². The van der Waals surface area contributed by atoms with Crippen molar-refractivity contribution in [3.63, 3.8) is 0 Å². The standard InChI is InChI=1S/C18H18BrClN2O5/c1-10(27-13-6-4-5-12(19)9-13)17(23)21-22-18(24)11-7-14(20)16(26-3)15(8-11)25-2/h4-10H,1-3H3,(H,21,23)(H,22,24). The van der Waals surface area contributed by atoms with Crippen LogP contribution in [0.15, 0.2) is 40.9 Å². The molecule has 0 fully saturated rings. The number of halogens is 2. The maximum Gasteiger partial charge on any atom is 0.279 e. The van der Waals surface area contributed by atoms with Crippen LogP contribution in [0.2, 0.25) is 5.02 Å². The lowest BCUT2D eigenvalue weighted by Crippen LogP contribution is -2.47. The van der Waals surface area contributed by atoms with Crippen molar-refractivity contribution in [1.29, 1.82) is 0 Å². The van der Waals surface area contributed by atoms with Gasteiger partial charge in [0.15, 0.2) is 17.6 Å². The molecule has 2 amide bonds. The summed E-state index contributed by atoms with van der Waals surface area (Å²) in [6, 6.07) is 9.94. The summed E-state index contributed by atoms with van der Waals surface area (Å²) in [6.07, 6.45) is -0.825. The Morgan fingerprint density at radius 2 is 1.85 bits per heavy atom. The highest BCUT2D eigenvalue weighted by atomic mass is 79.9. The maximum atomic E-state index is 12.3. The van der Waals surface area contributed by atoms with Gasteiger partial charge in [0.1, 0.15) is 5.75 Å². The van der Waals surface area contributed by atoms with E-state index >= 15 is 0 Å². The van der Waals surface area contributed by atoms with E-state index in [0.717, 1.165) is 4.47 Å². The number of methoxy groups -OCH3 is 2. The summed E-state index contributed by atoms with van der Waals surface area (Å²) >= 11 is 9.40. The van der Waals surface area contributed by atoms with Crippen LogP contribution in [0, 0.1) is 0 Å². The number of carbonyl (C=O) groups is 2. The molecule has 1 unspecified atom stereocenters. The van der Waals surface area contributed by atoms with Gasteiger partial charge in [-0.1, -0.05) is 33.6 Å². The largest absolute Gasteiger partial charge is 0.493 e. The second-order valence-corrected chi connectivity index (χ2v) is 6.68. The number of rotatable bonds is 6. The summed E-state index contributed by atoms with van der Waals surface area (Å²) in [5, 5.41) is 0.208. The molecule has 0 aromatic heterocycles. The summed E-state index contributed by atoms with van der Waals surface area (Å²) in [4.78, 5) is 24.4. The van der Waals surface area contributed by atoms with Gasteiger partial charge in [0.2, 0.25) is 0 Å². The quantitative estimate of drug-likeness (QED) is 0.650. The molecule has 2 N–H and O–H groups in total. The Labute approximate surface area is 170 Å². The van der Waals surface area contributed by atoms with E-state index in [9.17, 15) is 9.59 Å². The van der Waals surface area contributed by atoms with Crippen molar-refractivity contribution in [3.05, 3.63) is 51.5 Å². The molecule has 0 saturated heterocycles. The maximum absolute atomic E-state index is 12.3. The first kappa shape index (κ1) is 20.9. The third-order valence-electron chi connectivity index (χ3n) is 3.47. The molecule has 0 radical (unpaired) electrons. The van der Waals surface area contributed by atoms with Gasteiger partial charge in [-0.15, -0.1) is 0 Å². The Hall–Kier alpha value is -2.45. The minimum absolute atomic E-state index is 0.193. The van der Waals surface area contributed by atoms with Crippen molar-refractivity contribution in [1.82, 2.24) is 10.9 Å². The molecule has 0 aliphatic carbocycles. The van der Waals surface area contributed by atoms with Crippen molar-refractivity contribution in [3.8, 4) is 17.2 Å². The van der Waals surface area contributed by atoms with Gasteiger partial charge in [-0.05, 0) is 37.3 Å². The highest BCUT2D eigenvalue weighted by Crippen LogP contribution is 2.35. The van der Waals surface area contributed by atoms with Gasteiger partial charge in [-0.3, -0.25) is 20.4 Å². The van der Waals surface area contributed by atoms with E-state index in [1.54, 1.807) is 25.1 Å². The van der Waals surface area contributed by atoms with Crippen LogP contribution in [0.25, 0.3) is 0 Å². The van der Waals surface area contributed by atoms with Crippen LogP contribution in [0.1, 0.15) is 17.3 Å². The molecule has 1 atom stereocenters. The van der Waals surface area contributed by atoms with Crippen LogP contribution < -0.4 is 25.1 Å². The number of hydrogen-bond acceptors (Lipinski definition) is 5. The Kier molecular flexibility index (Phi) is 7.32. The van der Waals surface area contributed by atoms with Crippen LogP contribution in [-0.2, 0) is 4.79 Å². The topological polar surface area (TPSA) is 85.9 Å². The second kappa shape index (κ2) is 9.48. The van der Waals surface area contributed by atoms with Crippen molar-refractivity contribution >= 4 is 39.3 Å². The fourth-order valence-corrected chi connectivity index (χ4v) is 2.81. The Bertz CT molecular complexity index is 846. The summed E-state index contributed by atoms with van der Waals surface area (Å²) in [5.41, 5.74) is 4.81. The predicted molar refractivity (Wildman–Crippen MR) is 104 cm³/mol. The van der Waals surface area contributed by atoms with E-state index in [4.69, 9.17) is 25.8 Å². The highest BCUT2D eigenvalue weighted by molar-refractivity contribution is 9.10. The van der Waals surface area contributed by atoms with Crippen LogP contribution >= 0.6 is 27.5 Å². The summed E-state index contributed by atoms with van der Waals surface area (Å²) in [5.74, 6) is 0.0458. The molecule has 0 bridgehead atoms. The Morgan fingerprint density at radius 1 is 1.11 bits per heavy atom. The first-order chi connectivity index (χ1) is 12.8. The molecule has 144 valence electrons. The van der Waals surface area contributed by atoms with E-state index in [-0.39, 0.29) is 10.6 Å². The normalized spacial score (nSPS) is 11.3. The predicted octanol–water partition coefficient (Wildman–Crippen LogP) is 3.35. The number of ether oxygens (including phenoxy) is 3. The highest BCUT2D eigenvalue weighted by Gasteiger charge is 2.18. The van der Waals surface area contributed by atoms with Gasteiger partial charge in [0, 0.05) is 10.0 Å². The van der Waals surface area contributed by atoms with Crippen molar-refractivity contribution in [2.45, 2.75) is 13.0 Å². The van der Waals surface area contributed by atoms with Gasteiger partial charge in [-0.2, -0.15) is 0 Å². The smallest absolute Gasteiger partial charge is 0.279 e. The molecule has 0 spiro atoms. The van der Waals surface area contributed by atoms with E-state index in [1.807, 2.05) is 6.07 Å². The average Bonchev–Trinajstić information content (AvgIpc) is 2.64. The van der Waals surface area contributed by atoms with Crippen molar-refractivity contribution in [2.75, 3.05) is 14.2 Å². The minimum atomic E-state index is -0.825. The zero-order chi connectivity index (χ0) is 20.0. The van der Waals surface area contributed by atoms with Gasteiger partial charge in [-0.25, -0.2) is 0 Å². The summed E-state index contributed by atoms with van der Waals surface area (Å²) in [6.45, 7) is 1.57. The monoisotopic (exact) mass is 456 g/mol. The molecule has 0 heterocycles. The number of benzene rings is 2. The Balaban J connectivity index is 1.98.